The average molecular weight is 312 g/mol. The number of nitrogens with one attached hydrogen (secondary N) is 1. The molecule has 1 heterocycles. The van der Waals surface area contributed by atoms with Gasteiger partial charge in [-0.3, -0.25) is 4.79 Å². The normalized spacial score (nSPS) is 11.4. The molecular formula is C18H20N2O3. The molecule has 0 aliphatic carbocycles. The van der Waals surface area contributed by atoms with Gasteiger partial charge in [0.25, 0.3) is 0 Å². The Labute approximate surface area is 134 Å². The Balaban J connectivity index is 0.000000268. The van der Waals surface area contributed by atoms with Crippen LogP contribution in [0.2, 0.25) is 0 Å². The van der Waals surface area contributed by atoms with Gasteiger partial charge in [-0.1, -0.05) is 48.5 Å². The van der Waals surface area contributed by atoms with E-state index >= 15 is 0 Å². The summed E-state index contributed by atoms with van der Waals surface area (Å²) >= 11 is 0. The Morgan fingerprint density at radius 2 is 1.78 bits per heavy atom. The largest absolute Gasteiger partial charge is 0.495 e. The van der Waals surface area contributed by atoms with Crippen molar-refractivity contribution in [1.82, 2.24) is 4.98 Å². The van der Waals surface area contributed by atoms with Crippen molar-refractivity contribution in [2.75, 3.05) is 7.11 Å². The Morgan fingerprint density at radius 1 is 1.17 bits per heavy atom. The number of benzene rings is 2. The number of aromatic nitrogens is 1. The number of carboxylic acids is 1. The van der Waals surface area contributed by atoms with E-state index in [-0.39, 0.29) is 0 Å². The second-order valence-corrected chi connectivity index (χ2v) is 5.00. The number of aromatic amines is 1. The highest BCUT2D eigenvalue weighted by Gasteiger charge is 2.15. The lowest BCUT2D eigenvalue weighted by Gasteiger charge is -2.05. The highest BCUT2D eigenvalue weighted by atomic mass is 16.5. The van der Waals surface area contributed by atoms with Gasteiger partial charge in [0.2, 0.25) is 0 Å². The summed E-state index contributed by atoms with van der Waals surface area (Å²) in [5.41, 5.74) is 7.27. The van der Waals surface area contributed by atoms with Gasteiger partial charge in [0, 0.05) is 18.0 Å². The molecule has 0 radical (unpaired) electrons. The first-order valence-electron chi connectivity index (χ1n) is 7.25. The predicted octanol–water partition coefficient (Wildman–Crippen LogP) is 2.82. The number of hydrogen-bond acceptors (Lipinski definition) is 3. The highest BCUT2D eigenvalue weighted by Crippen LogP contribution is 2.27. The number of carboxylic acid groups (broad SMARTS) is 1. The molecule has 0 saturated heterocycles. The van der Waals surface area contributed by atoms with Crippen LogP contribution in [0.5, 0.6) is 5.75 Å². The number of carbonyl (C=O) groups is 1. The van der Waals surface area contributed by atoms with Crippen LogP contribution in [-0.4, -0.2) is 29.2 Å². The first kappa shape index (κ1) is 16.6. The smallest absolute Gasteiger partial charge is 0.320 e. The highest BCUT2D eigenvalue weighted by molar-refractivity contribution is 5.89. The fourth-order valence-corrected chi connectivity index (χ4v) is 2.23. The Bertz CT molecular complexity index is 727. The zero-order chi connectivity index (χ0) is 16.7. The van der Waals surface area contributed by atoms with Crippen LogP contribution in [0.3, 0.4) is 0 Å². The first-order chi connectivity index (χ1) is 11.1. The van der Waals surface area contributed by atoms with Gasteiger partial charge in [0.05, 0.1) is 12.6 Å². The molecule has 1 atom stereocenters. The van der Waals surface area contributed by atoms with E-state index < -0.39 is 12.0 Å². The number of aliphatic carboxylic acids is 1. The second kappa shape index (κ2) is 8.00. The third kappa shape index (κ3) is 4.34. The molecule has 0 fully saturated rings. The maximum atomic E-state index is 10.7. The van der Waals surface area contributed by atoms with Crippen LogP contribution in [-0.2, 0) is 11.2 Å². The van der Waals surface area contributed by atoms with E-state index in [9.17, 15) is 4.79 Å². The number of fused-ring (bicyclic) bond motifs is 1. The summed E-state index contributed by atoms with van der Waals surface area (Å²) in [6.45, 7) is 0. The van der Waals surface area contributed by atoms with Crippen molar-refractivity contribution in [2.24, 2.45) is 5.73 Å². The van der Waals surface area contributed by atoms with Gasteiger partial charge in [0.15, 0.2) is 0 Å². The third-order valence-electron chi connectivity index (χ3n) is 3.41. The molecule has 0 saturated carbocycles. The van der Waals surface area contributed by atoms with Crippen molar-refractivity contribution in [2.45, 2.75) is 12.5 Å². The molecule has 3 aromatic rings. The molecule has 0 aliphatic rings. The van der Waals surface area contributed by atoms with E-state index in [2.05, 4.69) is 4.98 Å². The predicted molar refractivity (Wildman–Crippen MR) is 90.6 cm³/mol. The lowest BCUT2D eigenvalue weighted by Crippen LogP contribution is -2.32. The average Bonchev–Trinajstić information content (AvgIpc) is 3.00. The molecule has 0 spiro atoms. The topological polar surface area (TPSA) is 88.3 Å². The number of para-hydroxylation sites is 1. The minimum absolute atomic E-state index is 0.294. The van der Waals surface area contributed by atoms with E-state index in [0.29, 0.717) is 6.42 Å². The zero-order valence-electron chi connectivity index (χ0n) is 12.9. The number of H-pyrrole nitrogens is 1. The van der Waals surface area contributed by atoms with Crippen molar-refractivity contribution < 1.29 is 14.6 Å². The number of rotatable bonds is 4. The molecule has 1 aromatic heterocycles. The summed E-state index contributed by atoms with van der Waals surface area (Å²) < 4.78 is 5.21. The molecule has 3 rings (SSSR count). The maximum Gasteiger partial charge on any atom is 0.320 e. The van der Waals surface area contributed by atoms with E-state index in [0.717, 1.165) is 22.2 Å². The van der Waals surface area contributed by atoms with Gasteiger partial charge in [0.1, 0.15) is 11.8 Å². The van der Waals surface area contributed by atoms with Gasteiger partial charge in [-0.15, -0.1) is 0 Å². The van der Waals surface area contributed by atoms with Gasteiger partial charge >= 0.3 is 5.97 Å². The SMILES string of the molecule is COc1cccc2c(CC(N)C(=O)O)c[nH]c12.c1ccccc1. The minimum Gasteiger partial charge on any atom is -0.495 e. The van der Waals surface area contributed by atoms with Crippen LogP contribution < -0.4 is 10.5 Å². The number of ether oxygens (including phenoxy) is 1. The van der Waals surface area contributed by atoms with Crippen molar-refractivity contribution in [3.8, 4) is 5.75 Å². The molecular weight excluding hydrogens is 292 g/mol. The molecule has 0 aliphatic heterocycles. The number of hydrogen-bond donors (Lipinski definition) is 3. The summed E-state index contributed by atoms with van der Waals surface area (Å²) in [7, 11) is 1.60. The van der Waals surface area contributed by atoms with Gasteiger partial charge in [-0.05, 0) is 11.6 Å². The second-order valence-electron chi connectivity index (χ2n) is 5.00. The summed E-state index contributed by atoms with van der Waals surface area (Å²) in [6.07, 6.45) is 2.07. The molecule has 120 valence electrons. The first-order valence-corrected chi connectivity index (χ1v) is 7.25. The quantitative estimate of drug-likeness (QED) is 0.691. The molecule has 2 aromatic carbocycles. The monoisotopic (exact) mass is 312 g/mol. The fraction of sp³-hybridized carbons (Fsp3) is 0.167. The van der Waals surface area contributed by atoms with Crippen LogP contribution in [0, 0.1) is 0 Å². The Morgan fingerprint density at radius 3 is 2.30 bits per heavy atom. The summed E-state index contributed by atoms with van der Waals surface area (Å²) in [4.78, 5) is 13.8. The third-order valence-corrected chi connectivity index (χ3v) is 3.41. The molecule has 1 unspecified atom stereocenters. The van der Waals surface area contributed by atoms with Gasteiger partial charge < -0.3 is 20.6 Å². The number of methoxy groups -OCH3 is 1. The van der Waals surface area contributed by atoms with Gasteiger partial charge in [-0.2, -0.15) is 0 Å². The summed E-state index contributed by atoms with van der Waals surface area (Å²) in [5, 5.41) is 9.74. The lowest BCUT2D eigenvalue weighted by molar-refractivity contribution is -0.138. The van der Waals surface area contributed by atoms with Crippen LogP contribution in [0.1, 0.15) is 5.56 Å². The van der Waals surface area contributed by atoms with E-state index in [4.69, 9.17) is 15.6 Å². The Hall–Kier alpha value is -2.79. The van der Waals surface area contributed by atoms with Crippen molar-refractivity contribution in [3.05, 3.63) is 66.4 Å². The summed E-state index contributed by atoms with van der Waals surface area (Å²) in [6, 6.07) is 16.7. The molecule has 5 nitrogen and oxygen atoms in total. The van der Waals surface area contributed by atoms with Gasteiger partial charge in [-0.25, -0.2) is 0 Å². The van der Waals surface area contributed by atoms with E-state index in [1.807, 2.05) is 54.6 Å². The van der Waals surface area contributed by atoms with Crippen LogP contribution in [0.25, 0.3) is 10.9 Å². The zero-order valence-corrected chi connectivity index (χ0v) is 12.9. The maximum absolute atomic E-state index is 10.7. The lowest BCUT2D eigenvalue weighted by atomic mass is 10.1. The summed E-state index contributed by atoms with van der Waals surface area (Å²) in [5.74, 6) is -0.264. The minimum atomic E-state index is -0.998. The Kier molecular flexibility index (Phi) is 5.77. The molecule has 5 heteroatoms. The van der Waals surface area contributed by atoms with E-state index in [1.165, 1.54) is 0 Å². The van der Waals surface area contributed by atoms with Crippen molar-refractivity contribution >= 4 is 16.9 Å². The van der Waals surface area contributed by atoms with E-state index in [1.54, 1.807) is 13.3 Å². The van der Waals surface area contributed by atoms with Crippen molar-refractivity contribution in [3.63, 3.8) is 0 Å². The molecule has 0 bridgehead atoms. The van der Waals surface area contributed by atoms with Crippen molar-refractivity contribution in [1.29, 1.82) is 0 Å². The molecule has 0 amide bonds. The molecule has 23 heavy (non-hydrogen) atoms. The fourth-order valence-electron chi connectivity index (χ4n) is 2.23. The van der Waals surface area contributed by atoms with Crippen LogP contribution in [0.15, 0.2) is 60.8 Å². The van der Waals surface area contributed by atoms with Crippen LogP contribution in [0.4, 0.5) is 0 Å². The van der Waals surface area contributed by atoms with Crippen LogP contribution >= 0.6 is 0 Å². The number of nitrogens with two attached hydrogens (primary N) is 1. The molecule has 4 N–H and O–H groups in total. The standard InChI is InChI=1S/C12H14N2O3.C6H6/c1-17-10-4-2-3-8-7(6-14-11(8)10)5-9(13)12(15)16;1-2-4-6-5-3-1/h2-4,6,9,14H,5,13H2,1H3,(H,15,16);1-6H.